The summed E-state index contributed by atoms with van der Waals surface area (Å²) in [6, 6.07) is 3.60. The van der Waals surface area contributed by atoms with Gasteiger partial charge in [-0.3, -0.25) is 0 Å². The van der Waals surface area contributed by atoms with E-state index in [2.05, 4.69) is 25.7 Å². The Morgan fingerprint density at radius 3 is 2.17 bits per heavy atom. The van der Waals surface area contributed by atoms with Crippen LogP contribution in [0.1, 0.15) is 33.6 Å². The SMILES string of the molecule is CCC(CC)CN(CC)c1cc(Cl)c(Cl)cc1N. The Balaban J connectivity index is 2.98. The van der Waals surface area contributed by atoms with Crippen molar-refractivity contribution in [2.24, 2.45) is 5.92 Å². The minimum absolute atomic E-state index is 0.511. The molecule has 1 rings (SSSR count). The highest BCUT2D eigenvalue weighted by Crippen LogP contribution is 2.33. The zero-order valence-corrected chi connectivity index (χ0v) is 12.9. The third kappa shape index (κ3) is 3.69. The topological polar surface area (TPSA) is 29.3 Å². The number of nitrogen functional groups attached to an aromatic ring is 1. The summed E-state index contributed by atoms with van der Waals surface area (Å²) >= 11 is 12.0. The number of benzene rings is 1. The molecule has 1 aromatic carbocycles. The Labute approximate surface area is 120 Å². The third-order valence-electron chi connectivity index (χ3n) is 3.43. The molecular weight excluding hydrogens is 267 g/mol. The molecule has 2 N–H and O–H groups in total. The van der Waals surface area contributed by atoms with Gasteiger partial charge in [-0.05, 0) is 25.0 Å². The van der Waals surface area contributed by atoms with Gasteiger partial charge >= 0.3 is 0 Å². The minimum Gasteiger partial charge on any atom is -0.397 e. The summed E-state index contributed by atoms with van der Waals surface area (Å²) in [6.07, 6.45) is 2.35. The van der Waals surface area contributed by atoms with Crippen molar-refractivity contribution in [3.05, 3.63) is 22.2 Å². The molecular formula is C14H22Cl2N2. The number of hydrogen-bond acceptors (Lipinski definition) is 2. The smallest absolute Gasteiger partial charge is 0.0615 e. The normalized spacial score (nSPS) is 11.0. The van der Waals surface area contributed by atoms with Crippen LogP contribution in [0.4, 0.5) is 11.4 Å². The number of halogens is 2. The van der Waals surface area contributed by atoms with Gasteiger partial charge in [0, 0.05) is 13.1 Å². The minimum atomic E-state index is 0.511. The van der Waals surface area contributed by atoms with Crippen molar-refractivity contribution in [2.75, 3.05) is 23.7 Å². The quantitative estimate of drug-likeness (QED) is 0.759. The lowest BCUT2D eigenvalue weighted by Crippen LogP contribution is -2.29. The van der Waals surface area contributed by atoms with E-state index in [1.807, 2.05) is 6.07 Å². The van der Waals surface area contributed by atoms with Crippen molar-refractivity contribution in [1.82, 2.24) is 0 Å². The second-order valence-electron chi connectivity index (χ2n) is 4.55. The molecule has 2 nitrogen and oxygen atoms in total. The number of nitrogens with zero attached hydrogens (tertiary/aromatic N) is 1. The molecule has 18 heavy (non-hydrogen) atoms. The number of rotatable bonds is 6. The molecule has 102 valence electrons. The van der Waals surface area contributed by atoms with Crippen LogP contribution in [-0.4, -0.2) is 13.1 Å². The van der Waals surface area contributed by atoms with E-state index in [4.69, 9.17) is 28.9 Å². The lowest BCUT2D eigenvalue weighted by Gasteiger charge is -2.28. The number of anilines is 2. The maximum absolute atomic E-state index is 6.08. The Morgan fingerprint density at radius 1 is 1.11 bits per heavy atom. The molecule has 0 bridgehead atoms. The second-order valence-corrected chi connectivity index (χ2v) is 5.36. The van der Waals surface area contributed by atoms with Crippen LogP contribution < -0.4 is 10.6 Å². The van der Waals surface area contributed by atoms with Crippen molar-refractivity contribution in [1.29, 1.82) is 0 Å². The predicted octanol–water partition coefficient (Wildman–Crippen LogP) is 4.84. The van der Waals surface area contributed by atoms with Gasteiger partial charge in [0.05, 0.1) is 21.4 Å². The van der Waals surface area contributed by atoms with Crippen LogP contribution in [0.2, 0.25) is 10.0 Å². The van der Waals surface area contributed by atoms with Crippen molar-refractivity contribution in [3.63, 3.8) is 0 Å². The highest BCUT2D eigenvalue weighted by Gasteiger charge is 2.14. The summed E-state index contributed by atoms with van der Waals surface area (Å²) in [6.45, 7) is 8.50. The Kier molecular flexibility index (Phi) is 6.10. The highest BCUT2D eigenvalue weighted by atomic mass is 35.5. The van der Waals surface area contributed by atoms with Gasteiger partial charge in [-0.25, -0.2) is 0 Å². The van der Waals surface area contributed by atoms with Crippen LogP contribution in [0.25, 0.3) is 0 Å². The first-order valence-electron chi connectivity index (χ1n) is 6.52. The van der Waals surface area contributed by atoms with Crippen LogP contribution in [0.15, 0.2) is 12.1 Å². The van der Waals surface area contributed by atoms with Gasteiger partial charge in [-0.15, -0.1) is 0 Å². The fourth-order valence-electron chi connectivity index (χ4n) is 2.08. The van der Waals surface area contributed by atoms with Gasteiger partial charge in [0.1, 0.15) is 0 Å². The van der Waals surface area contributed by atoms with E-state index >= 15 is 0 Å². The van der Waals surface area contributed by atoms with E-state index in [0.29, 0.717) is 21.7 Å². The first-order valence-corrected chi connectivity index (χ1v) is 7.28. The average molecular weight is 289 g/mol. The highest BCUT2D eigenvalue weighted by molar-refractivity contribution is 6.42. The molecule has 0 aliphatic carbocycles. The predicted molar refractivity (Wildman–Crippen MR) is 82.8 cm³/mol. The summed E-state index contributed by atoms with van der Waals surface area (Å²) < 4.78 is 0. The molecule has 0 saturated heterocycles. The molecule has 0 fully saturated rings. The molecule has 0 heterocycles. The number of nitrogens with two attached hydrogens (primary N) is 1. The van der Waals surface area contributed by atoms with E-state index in [1.54, 1.807) is 6.07 Å². The summed E-state index contributed by atoms with van der Waals surface area (Å²) in [7, 11) is 0. The number of hydrogen-bond donors (Lipinski definition) is 1. The molecule has 0 unspecified atom stereocenters. The van der Waals surface area contributed by atoms with Crippen LogP contribution in [-0.2, 0) is 0 Å². The molecule has 0 saturated carbocycles. The van der Waals surface area contributed by atoms with E-state index in [-0.39, 0.29) is 0 Å². The first-order chi connectivity index (χ1) is 8.53. The van der Waals surface area contributed by atoms with Crippen LogP contribution in [0, 0.1) is 5.92 Å². The Hall–Kier alpha value is -0.600. The standard InChI is InChI=1S/C14H22Cl2N2/c1-4-10(5-2)9-18(6-3)14-8-12(16)11(15)7-13(14)17/h7-8,10H,4-6,9,17H2,1-3H3. The van der Waals surface area contributed by atoms with Crippen LogP contribution in [0.5, 0.6) is 0 Å². The third-order valence-corrected chi connectivity index (χ3v) is 4.15. The molecule has 0 aliphatic heterocycles. The van der Waals surface area contributed by atoms with Gasteiger partial charge in [0.25, 0.3) is 0 Å². The zero-order valence-electron chi connectivity index (χ0n) is 11.3. The van der Waals surface area contributed by atoms with Gasteiger partial charge in [-0.2, -0.15) is 0 Å². The average Bonchev–Trinajstić information content (AvgIpc) is 2.36. The molecule has 0 atom stereocenters. The van der Waals surface area contributed by atoms with Gasteiger partial charge in [0.2, 0.25) is 0 Å². The lowest BCUT2D eigenvalue weighted by atomic mass is 10.0. The Bertz CT molecular complexity index is 390. The fourth-order valence-corrected chi connectivity index (χ4v) is 2.41. The molecule has 0 radical (unpaired) electrons. The van der Waals surface area contributed by atoms with E-state index < -0.39 is 0 Å². The van der Waals surface area contributed by atoms with Crippen LogP contribution in [0.3, 0.4) is 0 Å². The lowest BCUT2D eigenvalue weighted by molar-refractivity contribution is 0.486. The summed E-state index contributed by atoms with van der Waals surface area (Å²) in [4.78, 5) is 2.27. The van der Waals surface area contributed by atoms with E-state index in [1.165, 1.54) is 12.8 Å². The van der Waals surface area contributed by atoms with Crippen molar-refractivity contribution in [3.8, 4) is 0 Å². The van der Waals surface area contributed by atoms with E-state index in [9.17, 15) is 0 Å². The maximum atomic E-state index is 6.08. The van der Waals surface area contributed by atoms with Gasteiger partial charge in [0.15, 0.2) is 0 Å². The molecule has 0 spiro atoms. The van der Waals surface area contributed by atoms with Crippen molar-refractivity contribution in [2.45, 2.75) is 33.6 Å². The van der Waals surface area contributed by atoms with Crippen molar-refractivity contribution >= 4 is 34.6 Å². The monoisotopic (exact) mass is 288 g/mol. The molecule has 1 aromatic rings. The molecule has 4 heteroatoms. The van der Waals surface area contributed by atoms with Crippen molar-refractivity contribution < 1.29 is 0 Å². The summed E-state index contributed by atoms with van der Waals surface area (Å²) in [5, 5.41) is 1.07. The van der Waals surface area contributed by atoms with E-state index in [0.717, 1.165) is 18.8 Å². The first kappa shape index (κ1) is 15.5. The zero-order chi connectivity index (χ0) is 13.7. The van der Waals surface area contributed by atoms with Gasteiger partial charge < -0.3 is 10.6 Å². The molecule has 0 amide bonds. The fraction of sp³-hybridized carbons (Fsp3) is 0.571. The summed E-state index contributed by atoms with van der Waals surface area (Å²) in [5.74, 6) is 0.679. The summed E-state index contributed by atoms with van der Waals surface area (Å²) in [5.41, 5.74) is 7.72. The Morgan fingerprint density at radius 2 is 1.67 bits per heavy atom. The molecule has 0 aromatic heterocycles. The second kappa shape index (κ2) is 7.10. The molecule has 0 aliphatic rings. The maximum Gasteiger partial charge on any atom is 0.0615 e. The largest absolute Gasteiger partial charge is 0.397 e. The van der Waals surface area contributed by atoms with Gasteiger partial charge in [-0.1, -0.05) is 49.9 Å². The van der Waals surface area contributed by atoms with Crippen LogP contribution >= 0.6 is 23.2 Å².